The molecule has 128 valence electrons. The molecule has 1 heterocycles. The number of carboxylic acids is 1. The topological polar surface area (TPSA) is 96.3 Å². The van der Waals surface area contributed by atoms with E-state index in [1.165, 1.54) is 0 Å². The molecule has 0 atom stereocenters. The molecule has 0 aliphatic heterocycles. The van der Waals surface area contributed by atoms with Gasteiger partial charge in [0.15, 0.2) is 0 Å². The van der Waals surface area contributed by atoms with E-state index in [0.29, 0.717) is 25.7 Å². The van der Waals surface area contributed by atoms with Crippen molar-refractivity contribution >= 4 is 28.6 Å². The van der Waals surface area contributed by atoms with Crippen LogP contribution in [0.25, 0.3) is 10.9 Å². The number of benzene rings is 1. The molecule has 0 unspecified atom stereocenters. The predicted molar refractivity (Wildman–Crippen MR) is 90.9 cm³/mol. The van der Waals surface area contributed by atoms with Crippen LogP contribution in [0.15, 0.2) is 24.4 Å². The van der Waals surface area contributed by atoms with E-state index in [4.69, 9.17) is 5.11 Å². The molecule has 1 aliphatic carbocycles. The van der Waals surface area contributed by atoms with Crippen LogP contribution >= 0.6 is 0 Å². The SMILES string of the molecule is CCn1ncc2ccc(NC(=O)NC3CCC(C(=O)O)CC3)cc21. The average molecular weight is 330 g/mol. The second-order valence-electron chi connectivity index (χ2n) is 6.22. The summed E-state index contributed by atoms with van der Waals surface area (Å²) in [6.45, 7) is 2.79. The zero-order valence-electron chi connectivity index (χ0n) is 13.7. The Labute approximate surface area is 140 Å². The van der Waals surface area contributed by atoms with Crippen LogP contribution in [0.1, 0.15) is 32.6 Å². The van der Waals surface area contributed by atoms with Gasteiger partial charge in [-0.15, -0.1) is 0 Å². The molecule has 24 heavy (non-hydrogen) atoms. The summed E-state index contributed by atoms with van der Waals surface area (Å²) >= 11 is 0. The Morgan fingerprint density at radius 3 is 2.71 bits per heavy atom. The van der Waals surface area contributed by atoms with Crippen molar-refractivity contribution in [3.8, 4) is 0 Å². The predicted octanol–water partition coefficient (Wildman–Crippen LogP) is 2.82. The molecule has 0 radical (unpaired) electrons. The first kappa shape index (κ1) is 16.3. The first-order valence-corrected chi connectivity index (χ1v) is 8.32. The first-order valence-electron chi connectivity index (χ1n) is 8.32. The van der Waals surface area contributed by atoms with Crippen LogP contribution in [0.5, 0.6) is 0 Å². The fraction of sp³-hybridized carbons (Fsp3) is 0.471. The number of nitrogens with zero attached hydrogens (tertiary/aromatic N) is 2. The molecule has 1 aliphatic rings. The number of aryl methyl sites for hydroxylation is 1. The van der Waals surface area contributed by atoms with E-state index in [0.717, 1.165) is 23.1 Å². The van der Waals surface area contributed by atoms with Gasteiger partial charge in [0.25, 0.3) is 0 Å². The first-order chi connectivity index (χ1) is 11.6. The van der Waals surface area contributed by atoms with Crippen molar-refractivity contribution in [1.29, 1.82) is 0 Å². The summed E-state index contributed by atoms with van der Waals surface area (Å²) in [5, 5.41) is 20.1. The number of carbonyl (C=O) groups excluding carboxylic acids is 1. The number of hydrogen-bond donors (Lipinski definition) is 3. The number of carbonyl (C=O) groups is 2. The summed E-state index contributed by atoms with van der Waals surface area (Å²) in [4.78, 5) is 23.1. The van der Waals surface area contributed by atoms with Gasteiger partial charge in [0.2, 0.25) is 0 Å². The number of urea groups is 1. The van der Waals surface area contributed by atoms with Crippen LogP contribution in [0, 0.1) is 5.92 Å². The fourth-order valence-electron chi connectivity index (χ4n) is 3.24. The van der Waals surface area contributed by atoms with Crippen molar-refractivity contribution < 1.29 is 14.7 Å². The van der Waals surface area contributed by atoms with E-state index < -0.39 is 5.97 Å². The molecule has 0 spiro atoms. The Bertz CT molecular complexity index is 747. The summed E-state index contributed by atoms with van der Waals surface area (Å²) in [6, 6.07) is 5.47. The maximum atomic E-state index is 12.2. The quantitative estimate of drug-likeness (QED) is 0.803. The van der Waals surface area contributed by atoms with Crippen molar-refractivity contribution in [1.82, 2.24) is 15.1 Å². The summed E-state index contributed by atoms with van der Waals surface area (Å²) < 4.78 is 1.88. The smallest absolute Gasteiger partial charge is 0.319 e. The molecule has 3 N–H and O–H groups in total. The third kappa shape index (κ3) is 3.50. The number of rotatable bonds is 4. The van der Waals surface area contributed by atoms with Crippen LogP contribution < -0.4 is 10.6 Å². The van der Waals surface area contributed by atoms with E-state index in [-0.39, 0.29) is 18.0 Å². The number of anilines is 1. The lowest BCUT2D eigenvalue weighted by Crippen LogP contribution is -2.40. The monoisotopic (exact) mass is 330 g/mol. The van der Waals surface area contributed by atoms with E-state index in [2.05, 4.69) is 15.7 Å². The number of nitrogens with one attached hydrogen (secondary N) is 2. The van der Waals surface area contributed by atoms with Gasteiger partial charge in [0.1, 0.15) is 0 Å². The molecule has 1 fully saturated rings. The lowest BCUT2D eigenvalue weighted by Gasteiger charge is -2.26. The number of carboxylic acid groups (broad SMARTS) is 1. The van der Waals surface area contributed by atoms with Gasteiger partial charge < -0.3 is 15.7 Å². The second-order valence-corrected chi connectivity index (χ2v) is 6.22. The summed E-state index contributed by atoms with van der Waals surface area (Å²) in [6.07, 6.45) is 4.44. The van der Waals surface area contributed by atoms with Crippen molar-refractivity contribution in [3.05, 3.63) is 24.4 Å². The zero-order valence-corrected chi connectivity index (χ0v) is 13.7. The van der Waals surface area contributed by atoms with Gasteiger partial charge in [-0.25, -0.2) is 4.79 Å². The van der Waals surface area contributed by atoms with E-state index in [1.54, 1.807) is 0 Å². The minimum absolute atomic E-state index is 0.0329. The molecule has 2 amide bonds. The van der Waals surface area contributed by atoms with Gasteiger partial charge in [-0.1, -0.05) is 0 Å². The number of fused-ring (bicyclic) bond motifs is 1. The summed E-state index contributed by atoms with van der Waals surface area (Å²) in [7, 11) is 0. The normalized spacial score (nSPS) is 20.7. The van der Waals surface area contributed by atoms with Gasteiger partial charge in [-0.05, 0) is 50.8 Å². The standard InChI is InChI=1S/C17H22N4O3/c1-2-21-15-9-14(8-5-12(15)10-18-21)20-17(24)19-13-6-3-11(4-7-13)16(22)23/h5,8-11,13H,2-4,6-7H2,1H3,(H,22,23)(H2,19,20,24). The van der Waals surface area contributed by atoms with E-state index in [1.807, 2.05) is 36.0 Å². The third-order valence-corrected chi connectivity index (χ3v) is 4.61. The Balaban J connectivity index is 1.58. The van der Waals surface area contributed by atoms with Gasteiger partial charge in [-0.2, -0.15) is 5.10 Å². The van der Waals surface area contributed by atoms with Crippen molar-refractivity contribution in [3.63, 3.8) is 0 Å². The maximum Gasteiger partial charge on any atom is 0.319 e. The molecule has 1 saturated carbocycles. The van der Waals surface area contributed by atoms with Crippen molar-refractivity contribution in [2.24, 2.45) is 5.92 Å². The summed E-state index contributed by atoms with van der Waals surface area (Å²) in [5.41, 5.74) is 1.70. The van der Waals surface area contributed by atoms with Gasteiger partial charge >= 0.3 is 12.0 Å². The van der Waals surface area contributed by atoms with E-state index in [9.17, 15) is 9.59 Å². The lowest BCUT2D eigenvalue weighted by molar-refractivity contribution is -0.142. The molecule has 7 nitrogen and oxygen atoms in total. The van der Waals surface area contributed by atoms with Crippen LogP contribution in [0.2, 0.25) is 0 Å². The molecule has 0 bridgehead atoms. The minimum atomic E-state index is -0.737. The highest BCUT2D eigenvalue weighted by atomic mass is 16.4. The van der Waals surface area contributed by atoms with Gasteiger partial charge in [-0.3, -0.25) is 9.48 Å². The maximum absolute atomic E-state index is 12.2. The third-order valence-electron chi connectivity index (χ3n) is 4.61. The Kier molecular flexibility index (Phi) is 4.69. The highest BCUT2D eigenvalue weighted by Gasteiger charge is 2.26. The molecule has 1 aromatic heterocycles. The number of hydrogen-bond acceptors (Lipinski definition) is 3. The van der Waals surface area contributed by atoms with Crippen molar-refractivity contribution in [2.45, 2.75) is 45.2 Å². The molecule has 7 heteroatoms. The Hall–Kier alpha value is -2.57. The number of aliphatic carboxylic acids is 1. The van der Waals surface area contributed by atoms with Gasteiger partial charge in [0, 0.05) is 23.7 Å². The number of amides is 2. The molecular weight excluding hydrogens is 308 g/mol. The minimum Gasteiger partial charge on any atom is -0.481 e. The van der Waals surface area contributed by atoms with Crippen LogP contribution in [0.4, 0.5) is 10.5 Å². The largest absolute Gasteiger partial charge is 0.481 e. The second kappa shape index (κ2) is 6.90. The van der Waals surface area contributed by atoms with E-state index >= 15 is 0 Å². The van der Waals surface area contributed by atoms with Gasteiger partial charge in [0.05, 0.1) is 17.6 Å². The lowest BCUT2D eigenvalue weighted by atomic mass is 9.86. The highest BCUT2D eigenvalue weighted by Crippen LogP contribution is 2.24. The van der Waals surface area contributed by atoms with Crippen LogP contribution in [0.3, 0.4) is 0 Å². The van der Waals surface area contributed by atoms with Crippen molar-refractivity contribution in [2.75, 3.05) is 5.32 Å². The zero-order chi connectivity index (χ0) is 17.1. The molecule has 1 aromatic carbocycles. The molecule has 0 saturated heterocycles. The Morgan fingerprint density at radius 1 is 1.29 bits per heavy atom. The molecule has 2 aromatic rings. The number of aromatic nitrogens is 2. The van der Waals surface area contributed by atoms with Crippen LogP contribution in [-0.4, -0.2) is 32.9 Å². The average Bonchev–Trinajstić information content (AvgIpc) is 2.97. The molecule has 3 rings (SSSR count). The fourth-order valence-corrected chi connectivity index (χ4v) is 3.24. The van der Waals surface area contributed by atoms with Crippen LogP contribution in [-0.2, 0) is 11.3 Å². The molecular formula is C17H22N4O3. The highest BCUT2D eigenvalue weighted by molar-refractivity contribution is 5.92. The Morgan fingerprint density at radius 2 is 2.04 bits per heavy atom. The summed E-state index contributed by atoms with van der Waals surface area (Å²) in [5.74, 6) is -1.01.